The smallest absolute Gasteiger partial charge is 0.404 e. The first kappa shape index (κ1) is 9.14. The van der Waals surface area contributed by atoms with Crippen molar-refractivity contribution < 1.29 is 19.4 Å². The molecule has 1 atom stereocenters. The van der Waals surface area contributed by atoms with Crippen LogP contribution in [0.4, 0.5) is 4.79 Å². The van der Waals surface area contributed by atoms with Gasteiger partial charge < -0.3 is 19.9 Å². The third-order valence-corrected chi connectivity index (χ3v) is 2.49. The van der Waals surface area contributed by atoms with Gasteiger partial charge in [-0.05, 0) is 0 Å². The van der Waals surface area contributed by atoms with E-state index in [1.54, 1.807) is 0 Å². The summed E-state index contributed by atoms with van der Waals surface area (Å²) in [5.74, 6) is 1.43. The third kappa shape index (κ3) is 1.90. The van der Waals surface area contributed by atoms with Crippen LogP contribution in [-0.2, 0) is 0 Å². The Morgan fingerprint density at radius 3 is 3.21 bits per heavy atom. The van der Waals surface area contributed by atoms with Gasteiger partial charge in [-0.3, -0.25) is 0 Å². The number of nitrogens with one attached hydrogen (secondary N) is 1. The molecule has 2 N–H and O–H groups in total. The van der Waals surface area contributed by atoms with Crippen molar-refractivity contribution in [2.45, 2.75) is 6.10 Å². The molecule has 5 nitrogen and oxygen atoms in total. The van der Waals surface area contributed by atoms with Gasteiger partial charge in [-0.25, -0.2) is 4.79 Å². The molecule has 2 rings (SSSR count). The summed E-state index contributed by atoms with van der Waals surface area (Å²) in [5, 5.41) is 14.3. The van der Waals surface area contributed by atoms with E-state index in [4.69, 9.17) is 14.6 Å². The van der Waals surface area contributed by atoms with Crippen LogP contribution < -0.4 is 14.8 Å². The van der Waals surface area contributed by atoms with Crippen molar-refractivity contribution in [3.63, 3.8) is 0 Å². The fourth-order valence-electron chi connectivity index (χ4n) is 1.16. The van der Waals surface area contributed by atoms with Crippen molar-refractivity contribution in [1.82, 2.24) is 5.32 Å². The van der Waals surface area contributed by atoms with Crippen molar-refractivity contribution >= 4 is 17.4 Å². The van der Waals surface area contributed by atoms with Crippen LogP contribution >= 0.6 is 11.3 Å². The molecule has 0 radical (unpaired) electrons. The van der Waals surface area contributed by atoms with Gasteiger partial charge in [0.25, 0.3) is 0 Å². The molecule has 0 fully saturated rings. The van der Waals surface area contributed by atoms with Gasteiger partial charge >= 0.3 is 6.09 Å². The Bertz CT molecular complexity index is 338. The van der Waals surface area contributed by atoms with Crippen LogP contribution in [0.5, 0.6) is 11.5 Å². The van der Waals surface area contributed by atoms with Gasteiger partial charge in [0.1, 0.15) is 6.61 Å². The number of hydrogen-bond donors (Lipinski definition) is 2. The number of fused-ring (bicyclic) bond motifs is 1. The highest BCUT2D eigenvalue weighted by atomic mass is 32.1. The molecular weight excluding hydrogens is 206 g/mol. The van der Waals surface area contributed by atoms with Crippen molar-refractivity contribution in [3.8, 4) is 11.5 Å². The maximum Gasteiger partial charge on any atom is 0.404 e. The largest absolute Gasteiger partial charge is 0.485 e. The summed E-state index contributed by atoms with van der Waals surface area (Å²) in [6, 6.07) is 0. The Morgan fingerprint density at radius 2 is 2.43 bits per heavy atom. The van der Waals surface area contributed by atoms with Gasteiger partial charge in [0.05, 0.1) is 6.54 Å². The quantitative estimate of drug-likeness (QED) is 0.776. The van der Waals surface area contributed by atoms with E-state index in [9.17, 15) is 4.79 Å². The van der Waals surface area contributed by atoms with Gasteiger partial charge in [-0.2, -0.15) is 0 Å². The number of hydrogen-bond acceptors (Lipinski definition) is 4. The first-order valence-corrected chi connectivity index (χ1v) is 5.02. The average molecular weight is 215 g/mol. The normalized spacial score (nSPS) is 19.0. The minimum Gasteiger partial charge on any atom is -0.485 e. The fourth-order valence-corrected chi connectivity index (χ4v) is 1.83. The van der Waals surface area contributed by atoms with Crippen LogP contribution in [0.15, 0.2) is 10.8 Å². The van der Waals surface area contributed by atoms with E-state index in [2.05, 4.69) is 5.32 Å². The Kier molecular flexibility index (Phi) is 2.45. The second-order valence-corrected chi connectivity index (χ2v) is 3.58. The summed E-state index contributed by atoms with van der Waals surface area (Å²) >= 11 is 1.50. The lowest BCUT2D eigenvalue weighted by Crippen LogP contribution is -2.39. The first-order valence-electron chi connectivity index (χ1n) is 4.08. The highest BCUT2D eigenvalue weighted by Crippen LogP contribution is 2.34. The molecule has 2 heterocycles. The maximum absolute atomic E-state index is 10.2. The molecule has 14 heavy (non-hydrogen) atoms. The molecule has 0 bridgehead atoms. The van der Waals surface area contributed by atoms with Gasteiger partial charge in [0, 0.05) is 10.8 Å². The van der Waals surface area contributed by atoms with Gasteiger partial charge in [0.15, 0.2) is 17.6 Å². The van der Waals surface area contributed by atoms with Crippen LogP contribution in [0.3, 0.4) is 0 Å². The molecule has 0 saturated carbocycles. The average Bonchev–Trinajstić information content (AvgIpc) is 2.61. The van der Waals surface area contributed by atoms with Crippen LogP contribution in [-0.4, -0.2) is 30.5 Å². The zero-order valence-electron chi connectivity index (χ0n) is 7.23. The number of carbonyl (C=O) groups is 1. The summed E-state index contributed by atoms with van der Waals surface area (Å²) < 4.78 is 10.8. The van der Waals surface area contributed by atoms with E-state index in [-0.39, 0.29) is 12.6 Å². The second-order valence-electron chi connectivity index (χ2n) is 2.84. The zero-order chi connectivity index (χ0) is 9.97. The highest BCUT2D eigenvalue weighted by molar-refractivity contribution is 7.08. The van der Waals surface area contributed by atoms with Crippen molar-refractivity contribution in [1.29, 1.82) is 0 Å². The standard InChI is InChI=1S/C8H9NO4S/c10-8(11)9-1-5-2-12-6-3-14-4-7(6)13-5/h3-5,9H,1-2H2,(H,10,11). The van der Waals surface area contributed by atoms with Crippen LogP contribution in [0, 0.1) is 0 Å². The number of rotatable bonds is 2. The molecule has 1 aromatic heterocycles. The van der Waals surface area contributed by atoms with E-state index >= 15 is 0 Å². The molecule has 1 aliphatic rings. The lowest BCUT2D eigenvalue weighted by molar-refractivity contribution is 0.0907. The molecule has 0 saturated heterocycles. The maximum atomic E-state index is 10.2. The third-order valence-electron chi connectivity index (χ3n) is 1.79. The van der Waals surface area contributed by atoms with Crippen molar-refractivity contribution in [2.24, 2.45) is 0 Å². The van der Waals surface area contributed by atoms with E-state index in [1.807, 2.05) is 10.8 Å². The van der Waals surface area contributed by atoms with E-state index < -0.39 is 6.09 Å². The lowest BCUT2D eigenvalue weighted by Gasteiger charge is -2.24. The van der Waals surface area contributed by atoms with Gasteiger partial charge in [-0.1, -0.05) is 0 Å². The predicted molar refractivity (Wildman–Crippen MR) is 50.3 cm³/mol. The Labute approximate surface area is 84.3 Å². The number of ether oxygens (including phenoxy) is 2. The topological polar surface area (TPSA) is 67.8 Å². The van der Waals surface area contributed by atoms with Crippen LogP contribution in [0.1, 0.15) is 0 Å². The molecule has 1 aromatic rings. The summed E-state index contributed by atoms with van der Waals surface area (Å²) in [5.41, 5.74) is 0. The highest BCUT2D eigenvalue weighted by Gasteiger charge is 2.21. The van der Waals surface area contributed by atoms with Crippen LogP contribution in [0.2, 0.25) is 0 Å². The van der Waals surface area contributed by atoms with E-state index in [0.29, 0.717) is 12.4 Å². The summed E-state index contributed by atoms with van der Waals surface area (Å²) in [7, 11) is 0. The van der Waals surface area contributed by atoms with E-state index in [1.165, 1.54) is 11.3 Å². The lowest BCUT2D eigenvalue weighted by atomic mass is 10.3. The molecule has 1 unspecified atom stereocenters. The summed E-state index contributed by atoms with van der Waals surface area (Å²) in [6.07, 6.45) is -1.29. The molecule has 1 amide bonds. The Hall–Kier alpha value is -1.43. The first-order chi connectivity index (χ1) is 6.75. The van der Waals surface area contributed by atoms with Gasteiger partial charge in [-0.15, -0.1) is 11.3 Å². The molecule has 6 heteroatoms. The second kappa shape index (κ2) is 3.75. The number of thiophene rings is 1. The summed E-state index contributed by atoms with van der Waals surface area (Å²) in [6.45, 7) is 0.620. The number of carboxylic acid groups (broad SMARTS) is 1. The Balaban J connectivity index is 1.91. The molecular formula is C8H9NO4S. The van der Waals surface area contributed by atoms with Crippen LogP contribution in [0.25, 0.3) is 0 Å². The number of amides is 1. The summed E-state index contributed by atoms with van der Waals surface area (Å²) in [4.78, 5) is 10.2. The SMILES string of the molecule is O=C(O)NCC1COc2cscc2O1. The minimum atomic E-state index is -1.05. The van der Waals surface area contributed by atoms with Crippen molar-refractivity contribution in [3.05, 3.63) is 10.8 Å². The van der Waals surface area contributed by atoms with E-state index in [0.717, 1.165) is 5.75 Å². The molecule has 0 aliphatic carbocycles. The minimum absolute atomic E-state index is 0.241. The fraction of sp³-hybridized carbons (Fsp3) is 0.375. The molecule has 0 spiro atoms. The predicted octanol–water partition coefficient (Wildman–Crippen LogP) is 1.16. The monoisotopic (exact) mass is 215 g/mol. The Morgan fingerprint density at radius 1 is 1.64 bits per heavy atom. The van der Waals surface area contributed by atoms with Crippen molar-refractivity contribution in [2.75, 3.05) is 13.2 Å². The molecule has 1 aliphatic heterocycles. The molecule has 0 aromatic carbocycles. The van der Waals surface area contributed by atoms with Gasteiger partial charge in [0.2, 0.25) is 0 Å². The molecule has 76 valence electrons. The zero-order valence-corrected chi connectivity index (χ0v) is 8.04.